The van der Waals surface area contributed by atoms with E-state index in [-0.39, 0.29) is 0 Å². The summed E-state index contributed by atoms with van der Waals surface area (Å²) in [4.78, 5) is 19.7. The molecule has 0 spiro atoms. The Morgan fingerprint density at radius 1 is 1.00 bits per heavy atom. The van der Waals surface area contributed by atoms with Crippen LogP contribution in [0.15, 0.2) is 42.9 Å². The molecule has 0 aliphatic heterocycles. The van der Waals surface area contributed by atoms with Gasteiger partial charge in [0.1, 0.15) is 11.6 Å². The van der Waals surface area contributed by atoms with E-state index in [4.69, 9.17) is 0 Å². The lowest BCUT2D eigenvalue weighted by Crippen LogP contribution is -2.10. The first kappa shape index (κ1) is 15.9. The van der Waals surface area contributed by atoms with E-state index in [9.17, 15) is 0 Å². The van der Waals surface area contributed by atoms with Crippen molar-refractivity contribution in [1.82, 2.24) is 19.9 Å². The second-order valence-corrected chi connectivity index (χ2v) is 5.77. The fourth-order valence-corrected chi connectivity index (χ4v) is 2.24. The third-order valence-electron chi connectivity index (χ3n) is 3.78. The van der Waals surface area contributed by atoms with Crippen LogP contribution in [0.1, 0.15) is 11.3 Å². The Labute approximate surface area is 141 Å². The molecule has 0 saturated carbocycles. The molecule has 6 nitrogen and oxygen atoms in total. The van der Waals surface area contributed by atoms with Crippen molar-refractivity contribution in [2.24, 2.45) is 0 Å². The van der Waals surface area contributed by atoms with Gasteiger partial charge < -0.3 is 10.2 Å². The lowest BCUT2D eigenvalue weighted by Gasteiger charge is -2.14. The normalized spacial score (nSPS) is 10.5. The van der Waals surface area contributed by atoms with Gasteiger partial charge in [-0.3, -0.25) is 4.98 Å². The van der Waals surface area contributed by atoms with Crippen molar-refractivity contribution in [2.75, 3.05) is 24.3 Å². The molecule has 3 rings (SSSR count). The van der Waals surface area contributed by atoms with Crippen molar-refractivity contribution >= 4 is 17.3 Å². The molecule has 0 atom stereocenters. The van der Waals surface area contributed by atoms with Crippen LogP contribution in [0.4, 0.5) is 17.3 Å². The molecule has 3 aromatic rings. The molecule has 3 heterocycles. The van der Waals surface area contributed by atoms with Crippen LogP contribution in [-0.4, -0.2) is 34.0 Å². The van der Waals surface area contributed by atoms with Gasteiger partial charge in [-0.1, -0.05) is 0 Å². The molecule has 6 heteroatoms. The van der Waals surface area contributed by atoms with Crippen LogP contribution in [0.25, 0.3) is 11.4 Å². The molecule has 0 aliphatic carbocycles. The van der Waals surface area contributed by atoms with Crippen molar-refractivity contribution in [1.29, 1.82) is 0 Å². The van der Waals surface area contributed by atoms with Gasteiger partial charge in [0.2, 0.25) is 0 Å². The Bertz CT molecular complexity index is 828. The maximum atomic E-state index is 4.66. The second-order valence-electron chi connectivity index (χ2n) is 5.77. The average Bonchev–Trinajstić information content (AvgIpc) is 2.60. The first-order valence-electron chi connectivity index (χ1n) is 7.70. The number of hydrogen-bond donors (Lipinski definition) is 1. The van der Waals surface area contributed by atoms with Crippen molar-refractivity contribution < 1.29 is 0 Å². The second kappa shape index (κ2) is 6.62. The average molecular weight is 320 g/mol. The van der Waals surface area contributed by atoms with Crippen molar-refractivity contribution in [2.45, 2.75) is 13.8 Å². The summed E-state index contributed by atoms with van der Waals surface area (Å²) in [5, 5.41) is 3.34. The smallest absolute Gasteiger partial charge is 0.163 e. The highest BCUT2D eigenvalue weighted by atomic mass is 15.1. The molecule has 0 bridgehead atoms. The van der Waals surface area contributed by atoms with Crippen LogP contribution in [-0.2, 0) is 0 Å². The van der Waals surface area contributed by atoms with E-state index in [2.05, 4.69) is 25.3 Å². The van der Waals surface area contributed by atoms with Gasteiger partial charge in [0.05, 0.1) is 11.9 Å². The molecule has 24 heavy (non-hydrogen) atoms. The fourth-order valence-electron chi connectivity index (χ4n) is 2.24. The minimum absolute atomic E-state index is 0.659. The third-order valence-corrected chi connectivity index (χ3v) is 3.78. The minimum atomic E-state index is 0.659. The lowest BCUT2D eigenvalue weighted by molar-refractivity contribution is 1.06. The fraction of sp³-hybridized carbons (Fsp3) is 0.222. The highest BCUT2D eigenvalue weighted by Gasteiger charge is 2.10. The zero-order valence-electron chi connectivity index (χ0n) is 14.3. The first-order valence-corrected chi connectivity index (χ1v) is 7.70. The van der Waals surface area contributed by atoms with Gasteiger partial charge in [0, 0.05) is 43.3 Å². The van der Waals surface area contributed by atoms with E-state index in [0.717, 1.165) is 34.1 Å². The highest BCUT2D eigenvalue weighted by molar-refractivity contribution is 5.64. The molecule has 0 aliphatic rings. The van der Waals surface area contributed by atoms with Crippen molar-refractivity contribution in [3.05, 3.63) is 54.1 Å². The molecular formula is C18H20N6. The van der Waals surface area contributed by atoms with Gasteiger partial charge >= 0.3 is 0 Å². The Kier molecular flexibility index (Phi) is 4.37. The SMILES string of the molecule is Cc1nc(-c2cccnc2)nc(Nc2ccc(N(C)C)nc2)c1C. The van der Waals surface area contributed by atoms with Gasteiger partial charge in [0.15, 0.2) is 5.82 Å². The molecule has 0 radical (unpaired) electrons. The monoisotopic (exact) mass is 320 g/mol. The lowest BCUT2D eigenvalue weighted by atomic mass is 10.2. The Morgan fingerprint density at radius 3 is 2.46 bits per heavy atom. The zero-order valence-corrected chi connectivity index (χ0v) is 14.3. The van der Waals surface area contributed by atoms with Crippen molar-refractivity contribution in [3.63, 3.8) is 0 Å². The summed E-state index contributed by atoms with van der Waals surface area (Å²) in [6, 6.07) is 7.79. The number of pyridine rings is 2. The number of anilines is 3. The van der Waals surface area contributed by atoms with E-state index in [1.807, 2.05) is 57.1 Å². The molecular weight excluding hydrogens is 300 g/mol. The van der Waals surface area contributed by atoms with E-state index in [0.29, 0.717) is 5.82 Å². The molecule has 0 amide bonds. The van der Waals surface area contributed by atoms with E-state index < -0.39 is 0 Å². The van der Waals surface area contributed by atoms with Crippen LogP contribution in [0.3, 0.4) is 0 Å². The summed E-state index contributed by atoms with van der Waals surface area (Å²) in [5.41, 5.74) is 3.73. The summed E-state index contributed by atoms with van der Waals surface area (Å²) >= 11 is 0. The van der Waals surface area contributed by atoms with Crippen LogP contribution >= 0.6 is 0 Å². The molecule has 3 aromatic heterocycles. The maximum absolute atomic E-state index is 4.66. The van der Waals surface area contributed by atoms with E-state index in [1.54, 1.807) is 18.6 Å². The number of aromatic nitrogens is 4. The Morgan fingerprint density at radius 2 is 1.83 bits per heavy atom. The Balaban J connectivity index is 1.94. The molecule has 122 valence electrons. The largest absolute Gasteiger partial charge is 0.363 e. The Hall–Kier alpha value is -3.02. The molecule has 0 aromatic carbocycles. The standard InChI is InChI=1S/C18H20N6/c1-12-13(2)21-18(14-6-5-9-19-10-14)23-17(12)22-15-7-8-16(20-11-15)24(3)4/h5-11H,1-4H3,(H,21,22,23). The quantitative estimate of drug-likeness (QED) is 0.795. The summed E-state index contributed by atoms with van der Waals surface area (Å²) in [6.45, 7) is 3.99. The molecule has 1 N–H and O–H groups in total. The number of aryl methyl sites for hydroxylation is 1. The maximum Gasteiger partial charge on any atom is 0.163 e. The first-order chi connectivity index (χ1) is 11.5. The third kappa shape index (κ3) is 3.32. The predicted molar refractivity (Wildman–Crippen MR) is 96.6 cm³/mol. The van der Waals surface area contributed by atoms with Crippen LogP contribution < -0.4 is 10.2 Å². The van der Waals surface area contributed by atoms with Crippen LogP contribution in [0.2, 0.25) is 0 Å². The minimum Gasteiger partial charge on any atom is -0.363 e. The summed E-state index contributed by atoms with van der Waals surface area (Å²) in [6.07, 6.45) is 5.30. The van der Waals surface area contributed by atoms with Crippen LogP contribution in [0, 0.1) is 13.8 Å². The van der Waals surface area contributed by atoms with E-state index in [1.165, 1.54) is 0 Å². The summed E-state index contributed by atoms with van der Waals surface area (Å²) in [7, 11) is 3.93. The van der Waals surface area contributed by atoms with Gasteiger partial charge in [-0.2, -0.15) is 0 Å². The number of rotatable bonds is 4. The highest BCUT2D eigenvalue weighted by Crippen LogP contribution is 2.24. The van der Waals surface area contributed by atoms with Gasteiger partial charge in [-0.25, -0.2) is 15.0 Å². The zero-order chi connectivity index (χ0) is 17.1. The molecule has 0 saturated heterocycles. The van der Waals surface area contributed by atoms with E-state index >= 15 is 0 Å². The van der Waals surface area contributed by atoms with Crippen molar-refractivity contribution in [3.8, 4) is 11.4 Å². The topological polar surface area (TPSA) is 66.8 Å². The van der Waals surface area contributed by atoms with Gasteiger partial charge in [-0.05, 0) is 38.1 Å². The summed E-state index contributed by atoms with van der Waals surface area (Å²) < 4.78 is 0. The molecule has 0 fully saturated rings. The number of hydrogen-bond acceptors (Lipinski definition) is 6. The number of nitrogens with one attached hydrogen (secondary N) is 1. The van der Waals surface area contributed by atoms with Gasteiger partial charge in [0.25, 0.3) is 0 Å². The predicted octanol–water partition coefficient (Wildman–Crippen LogP) is 3.36. The number of nitrogens with zero attached hydrogens (tertiary/aromatic N) is 5. The summed E-state index contributed by atoms with van der Waals surface area (Å²) in [5.74, 6) is 2.35. The van der Waals surface area contributed by atoms with Crippen LogP contribution in [0.5, 0.6) is 0 Å². The molecule has 0 unspecified atom stereocenters. The van der Waals surface area contributed by atoms with Gasteiger partial charge in [-0.15, -0.1) is 0 Å².